The zero-order valence-electron chi connectivity index (χ0n) is 12.5. The van der Waals surface area contributed by atoms with Gasteiger partial charge in [0.15, 0.2) is 0 Å². The van der Waals surface area contributed by atoms with Crippen LogP contribution in [0.15, 0.2) is 47.4 Å². The molecule has 0 spiro atoms. The van der Waals surface area contributed by atoms with Gasteiger partial charge in [0.1, 0.15) is 12.4 Å². The Morgan fingerprint density at radius 2 is 1.87 bits per heavy atom. The van der Waals surface area contributed by atoms with Gasteiger partial charge < -0.3 is 10.1 Å². The van der Waals surface area contributed by atoms with Gasteiger partial charge in [-0.05, 0) is 37.3 Å². The van der Waals surface area contributed by atoms with Crippen molar-refractivity contribution in [2.24, 2.45) is 0 Å². The van der Waals surface area contributed by atoms with Crippen LogP contribution >= 0.6 is 0 Å². The highest BCUT2D eigenvalue weighted by molar-refractivity contribution is 7.92. The van der Waals surface area contributed by atoms with E-state index in [0.717, 1.165) is 5.56 Å². The normalized spacial score (nSPS) is 14.2. The van der Waals surface area contributed by atoms with E-state index in [0.29, 0.717) is 30.2 Å². The maximum atomic E-state index is 12.4. The number of carbonyl (C=O) groups is 1. The Labute approximate surface area is 134 Å². The summed E-state index contributed by atoms with van der Waals surface area (Å²) in [7, 11) is -3.71. The molecule has 0 radical (unpaired) electrons. The molecule has 23 heavy (non-hydrogen) atoms. The highest BCUT2D eigenvalue weighted by Gasteiger charge is 2.19. The van der Waals surface area contributed by atoms with Crippen molar-refractivity contribution in [1.29, 1.82) is 0 Å². The molecule has 120 valence electrons. The van der Waals surface area contributed by atoms with Crippen LogP contribution in [0.2, 0.25) is 0 Å². The number of hydrogen-bond donors (Lipinski definition) is 2. The van der Waals surface area contributed by atoms with Crippen LogP contribution in [-0.2, 0) is 10.0 Å². The summed E-state index contributed by atoms with van der Waals surface area (Å²) in [5.41, 5.74) is 1.60. The second-order valence-corrected chi connectivity index (χ2v) is 6.92. The summed E-state index contributed by atoms with van der Waals surface area (Å²) in [5, 5.41) is 2.69. The molecule has 0 bridgehead atoms. The van der Waals surface area contributed by atoms with Crippen molar-refractivity contribution in [2.75, 3.05) is 17.9 Å². The van der Waals surface area contributed by atoms with Crippen molar-refractivity contribution in [3.63, 3.8) is 0 Å². The highest BCUT2D eigenvalue weighted by atomic mass is 32.2. The molecule has 0 aliphatic carbocycles. The minimum absolute atomic E-state index is 0.166. The van der Waals surface area contributed by atoms with Crippen LogP contribution in [0.3, 0.4) is 0 Å². The molecule has 1 aliphatic rings. The number of anilines is 1. The van der Waals surface area contributed by atoms with Crippen LogP contribution in [0.25, 0.3) is 0 Å². The first-order valence-electron chi connectivity index (χ1n) is 7.10. The van der Waals surface area contributed by atoms with Crippen molar-refractivity contribution < 1.29 is 17.9 Å². The van der Waals surface area contributed by atoms with Crippen LogP contribution in [-0.4, -0.2) is 27.5 Å². The van der Waals surface area contributed by atoms with Gasteiger partial charge >= 0.3 is 0 Å². The molecule has 1 heterocycles. The van der Waals surface area contributed by atoms with Crippen molar-refractivity contribution in [3.05, 3.63) is 53.6 Å². The summed E-state index contributed by atoms with van der Waals surface area (Å²) in [6, 6.07) is 11.2. The van der Waals surface area contributed by atoms with E-state index in [-0.39, 0.29) is 10.8 Å². The van der Waals surface area contributed by atoms with Crippen LogP contribution in [0.4, 0.5) is 5.69 Å². The van der Waals surface area contributed by atoms with Gasteiger partial charge in [0.25, 0.3) is 15.9 Å². The lowest BCUT2D eigenvalue weighted by Crippen LogP contribution is -2.24. The third-order valence-electron chi connectivity index (χ3n) is 3.45. The first-order chi connectivity index (χ1) is 11.0. The standard InChI is InChI=1S/C16H16N2O4S/c1-11-2-5-13(6-3-11)23(20,21)18-12-4-7-15-14(10-12)16(19)17-8-9-22-15/h2-7,10,18H,8-9H2,1H3,(H,17,19). The molecular formula is C16H16N2O4S. The predicted molar refractivity (Wildman–Crippen MR) is 86.3 cm³/mol. The van der Waals surface area contributed by atoms with E-state index in [2.05, 4.69) is 10.0 Å². The zero-order valence-corrected chi connectivity index (χ0v) is 13.3. The summed E-state index contributed by atoms with van der Waals surface area (Å²) in [5.74, 6) is 0.159. The Hall–Kier alpha value is -2.54. The third-order valence-corrected chi connectivity index (χ3v) is 4.85. The number of aryl methyl sites for hydroxylation is 1. The van der Waals surface area contributed by atoms with Crippen LogP contribution in [0.5, 0.6) is 5.75 Å². The number of benzene rings is 2. The molecule has 2 aromatic carbocycles. The smallest absolute Gasteiger partial charge is 0.261 e. The molecule has 7 heteroatoms. The van der Waals surface area contributed by atoms with E-state index in [1.165, 1.54) is 18.2 Å². The zero-order chi connectivity index (χ0) is 16.4. The summed E-state index contributed by atoms with van der Waals surface area (Å²) >= 11 is 0. The Morgan fingerprint density at radius 1 is 1.13 bits per heavy atom. The minimum atomic E-state index is -3.71. The van der Waals surface area contributed by atoms with E-state index < -0.39 is 10.0 Å². The van der Waals surface area contributed by atoms with Crippen molar-refractivity contribution in [1.82, 2.24) is 5.32 Å². The first-order valence-corrected chi connectivity index (χ1v) is 8.58. The minimum Gasteiger partial charge on any atom is -0.491 e. The lowest BCUT2D eigenvalue weighted by Gasteiger charge is -2.11. The number of amides is 1. The molecule has 1 amide bonds. The molecule has 6 nitrogen and oxygen atoms in total. The van der Waals surface area contributed by atoms with E-state index in [4.69, 9.17) is 4.74 Å². The topological polar surface area (TPSA) is 84.5 Å². The molecular weight excluding hydrogens is 316 g/mol. The number of carbonyl (C=O) groups excluding carboxylic acids is 1. The van der Waals surface area contributed by atoms with Gasteiger partial charge in [-0.15, -0.1) is 0 Å². The summed E-state index contributed by atoms with van der Waals surface area (Å²) in [6.45, 7) is 2.68. The molecule has 2 aromatic rings. The maximum Gasteiger partial charge on any atom is 0.261 e. The average molecular weight is 332 g/mol. The van der Waals surface area contributed by atoms with E-state index in [9.17, 15) is 13.2 Å². The Kier molecular flexibility index (Phi) is 3.96. The number of hydrogen-bond acceptors (Lipinski definition) is 4. The second kappa shape index (κ2) is 5.92. The molecule has 0 fully saturated rings. The van der Waals surface area contributed by atoms with Crippen LogP contribution in [0, 0.1) is 6.92 Å². The monoisotopic (exact) mass is 332 g/mol. The molecule has 0 saturated carbocycles. The van der Waals surface area contributed by atoms with Gasteiger partial charge in [-0.25, -0.2) is 8.42 Å². The van der Waals surface area contributed by atoms with Crippen molar-refractivity contribution in [2.45, 2.75) is 11.8 Å². The largest absolute Gasteiger partial charge is 0.491 e. The average Bonchev–Trinajstić information content (AvgIpc) is 2.69. The number of nitrogens with one attached hydrogen (secondary N) is 2. The summed E-state index contributed by atoms with van der Waals surface area (Å²) in [4.78, 5) is 12.1. The number of rotatable bonds is 3. The summed E-state index contributed by atoms with van der Waals surface area (Å²) in [6.07, 6.45) is 0. The Balaban J connectivity index is 1.91. The highest BCUT2D eigenvalue weighted by Crippen LogP contribution is 2.25. The second-order valence-electron chi connectivity index (χ2n) is 5.23. The van der Waals surface area contributed by atoms with Gasteiger partial charge in [-0.2, -0.15) is 0 Å². The number of sulfonamides is 1. The van der Waals surface area contributed by atoms with Crippen molar-refractivity contribution >= 4 is 21.6 Å². The number of fused-ring (bicyclic) bond motifs is 1. The molecule has 2 N–H and O–H groups in total. The van der Waals surface area contributed by atoms with E-state index in [1.807, 2.05) is 6.92 Å². The van der Waals surface area contributed by atoms with Gasteiger partial charge in [-0.1, -0.05) is 17.7 Å². The van der Waals surface area contributed by atoms with Crippen LogP contribution in [0.1, 0.15) is 15.9 Å². The molecule has 0 aromatic heterocycles. The molecule has 0 saturated heterocycles. The fourth-order valence-electron chi connectivity index (χ4n) is 2.25. The molecule has 0 unspecified atom stereocenters. The number of ether oxygens (including phenoxy) is 1. The maximum absolute atomic E-state index is 12.4. The fraction of sp³-hybridized carbons (Fsp3) is 0.188. The SMILES string of the molecule is Cc1ccc(S(=O)(=O)Nc2ccc3c(c2)C(=O)NCCO3)cc1. The van der Waals surface area contributed by atoms with E-state index in [1.54, 1.807) is 24.3 Å². The van der Waals surface area contributed by atoms with Crippen molar-refractivity contribution in [3.8, 4) is 5.75 Å². The lowest BCUT2D eigenvalue weighted by atomic mass is 10.1. The lowest BCUT2D eigenvalue weighted by molar-refractivity contribution is 0.0957. The Bertz CT molecular complexity index is 845. The Morgan fingerprint density at radius 3 is 2.61 bits per heavy atom. The molecule has 0 atom stereocenters. The molecule has 1 aliphatic heterocycles. The third kappa shape index (κ3) is 3.29. The van der Waals surface area contributed by atoms with Crippen LogP contribution < -0.4 is 14.8 Å². The summed E-state index contributed by atoms with van der Waals surface area (Å²) < 4.78 is 32.7. The molecule has 3 rings (SSSR count). The van der Waals surface area contributed by atoms with Gasteiger partial charge in [0.05, 0.1) is 17.0 Å². The predicted octanol–water partition coefficient (Wildman–Crippen LogP) is 1.92. The van der Waals surface area contributed by atoms with Gasteiger partial charge in [0, 0.05) is 5.69 Å². The first kappa shape index (κ1) is 15.4. The fourth-order valence-corrected chi connectivity index (χ4v) is 3.30. The van der Waals surface area contributed by atoms with Gasteiger partial charge in [0.2, 0.25) is 0 Å². The van der Waals surface area contributed by atoms with E-state index >= 15 is 0 Å². The quantitative estimate of drug-likeness (QED) is 0.899. The van der Waals surface area contributed by atoms with Gasteiger partial charge in [-0.3, -0.25) is 9.52 Å².